The first-order valence-corrected chi connectivity index (χ1v) is 11.4. The van der Waals surface area contributed by atoms with Crippen molar-refractivity contribution in [3.63, 3.8) is 0 Å². The second-order valence-corrected chi connectivity index (χ2v) is 8.36. The van der Waals surface area contributed by atoms with E-state index in [4.69, 9.17) is 16.0 Å². The number of rotatable bonds is 7. The number of amides is 2. The van der Waals surface area contributed by atoms with Crippen LogP contribution in [0, 0.1) is 0 Å². The third-order valence-electron chi connectivity index (χ3n) is 5.54. The predicted octanol–water partition coefficient (Wildman–Crippen LogP) is 5.29. The smallest absolute Gasteiger partial charge is 0.259 e. The average molecular weight is 498 g/mol. The summed E-state index contributed by atoms with van der Waals surface area (Å²) in [5, 5.41) is 10.8. The van der Waals surface area contributed by atoms with Crippen molar-refractivity contribution in [3.05, 3.63) is 131 Å². The fraction of sp³-hybridized carbons (Fsp3) is 0.0370. The molecular weight excluding hydrogens is 478 g/mol. The Kier molecular flexibility index (Phi) is 6.59. The van der Waals surface area contributed by atoms with Crippen LogP contribution in [-0.2, 0) is 0 Å². The van der Waals surface area contributed by atoms with Crippen molar-refractivity contribution in [2.24, 2.45) is 0 Å². The lowest BCUT2D eigenvalue weighted by Gasteiger charge is -2.20. The van der Waals surface area contributed by atoms with Crippen LogP contribution in [0.25, 0.3) is 5.69 Å². The molecular formula is C27H20ClN5O3. The minimum Gasteiger partial charge on any atom is -0.472 e. The van der Waals surface area contributed by atoms with E-state index in [2.05, 4.69) is 20.7 Å². The van der Waals surface area contributed by atoms with Crippen LogP contribution in [0.4, 0.5) is 5.69 Å². The SMILES string of the molecule is O=C(Nc1cnn(-c2ccc(C(=O)NC(c3ccncc3)c3ccc(Cl)cc3)cc2)c1)c1ccoc1. The van der Waals surface area contributed by atoms with Gasteiger partial charge in [-0.15, -0.1) is 0 Å². The van der Waals surface area contributed by atoms with Crippen LogP contribution in [-0.4, -0.2) is 26.6 Å². The van der Waals surface area contributed by atoms with Gasteiger partial charge < -0.3 is 15.1 Å². The highest BCUT2D eigenvalue weighted by Crippen LogP contribution is 2.24. The molecule has 0 saturated carbocycles. The maximum absolute atomic E-state index is 13.1. The fourth-order valence-corrected chi connectivity index (χ4v) is 3.80. The Balaban J connectivity index is 1.30. The number of furan rings is 1. The number of pyridine rings is 1. The lowest BCUT2D eigenvalue weighted by molar-refractivity contribution is 0.0942. The zero-order valence-corrected chi connectivity index (χ0v) is 19.6. The van der Waals surface area contributed by atoms with E-state index in [1.807, 2.05) is 24.3 Å². The van der Waals surface area contributed by atoms with Crippen LogP contribution in [0.15, 0.2) is 108 Å². The van der Waals surface area contributed by atoms with Crippen LogP contribution >= 0.6 is 11.6 Å². The Labute approximate surface area is 211 Å². The predicted molar refractivity (Wildman–Crippen MR) is 135 cm³/mol. The maximum Gasteiger partial charge on any atom is 0.259 e. The van der Waals surface area contributed by atoms with E-state index >= 15 is 0 Å². The molecule has 2 N–H and O–H groups in total. The normalized spacial score (nSPS) is 11.6. The molecule has 1 atom stereocenters. The van der Waals surface area contributed by atoms with Crippen LogP contribution in [0.5, 0.6) is 0 Å². The van der Waals surface area contributed by atoms with Gasteiger partial charge in [0.25, 0.3) is 11.8 Å². The molecule has 8 nitrogen and oxygen atoms in total. The summed E-state index contributed by atoms with van der Waals surface area (Å²) < 4.78 is 6.55. The molecule has 0 spiro atoms. The Morgan fingerprint density at radius 3 is 2.28 bits per heavy atom. The van der Waals surface area contributed by atoms with Crippen molar-refractivity contribution < 1.29 is 14.0 Å². The lowest BCUT2D eigenvalue weighted by Crippen LogP contribution is -2.29. The van der Waals surface area contributed by atoms with E-state index in [9.17, 15) is 9.59 Å². The van der Waals surface area contributed by atoms with Crippen LogP contribution in [0.1, 0.15) is 37.9 Å². The summed E-state index contributed by atoms with van der Waals surface area (Å²) in [6.45, 7) is 0. The molecule has 1 unspecified atom stereocenters. The Morgan fingerprint density at radius 1 is 0.861 bits per heavy atom. The highest BCUT2D eigenvalue weighted by atomic mass is 35.5. The molecule has 9 heteroatoms. The molecule has 0 fully saturated rings. The zero-order valence-electron chi connectivity index (χ0n) is 18.8. The molecule has 0 aliphatic carbocycles. The molecule has 0 radical (unpaired) electrons. The van der Waals surface area contributed by atoms with Gasteiger partial charge in [0, 0.05) is 23.0 Å². The number of hydrogen-bond donors (Lipinski definition) is 2. The van der Waals surface area contributed by atoms with Crippen LogP contribution in [0.3, 0.4) is 0 Å². The number of hydrogen-bond acceptors (Lipinski definition) is 5. The van der Waals surface area contributed by atoms with E-state index < -0.39 is 0 Å². The van der Waals surface area contributed by atoms with Gasteiger partial charge in [0.15, 0.2) is 0 Å². The van der Waals surface area contributed by atoms with E-state index in [-0.39, 0.29) is 17.9 Å². The second-order valence-electron chi connectivity index (χ2n) is 7.93. The summed E-state index contributed by atoms with van der Waals surface area (Å²) in [4.78, 5) is 29.4. The summed E-state index contributed by atoms with van der Waals surface area (Å²) in [5.74, 6) is -0.522. The second kappa shape index (κ2) is 10.3. The van der Waals surface area contributed by atoms with Crippen molar-refractivity contribution in [1.29, 1.82) is 0 Å². The number of carbonyl (C=O) groups is 2. The summed E-state index contributed by atoms with van der Waals surface area (Å²) in [7, 11) is 0. The van der Waals surface area contributed by atoms with E-state index in [0.717, 1.165) is 16.8 Å². The van der Waals surface area contributed by atoms with E-state index in [1.54, 1.807) is 71.9 Å². The standard InChI is InChI=1S/C27H20ClN5O3/c28-22-5-1-18(2-6-22)25(19-9-12-29-13-10-19)32-26(34)20-3-7-24(8-4-20)33-16-23(15-30-33)31-27(35)21-11-14-36-17-21/h1-17,25H,(H,31,35)(H,32,34). The Bertz CT molecular complexity index is 1460. The Morgan fingerprint density at radius 2 is 1.58 bits per heavy atom. The van der Waals surface area contributed by atoms with Gasteiger partial charge in [-0.3, -0.25) is 14.6 Å². The minimum absolute atomic E-state index is 0.230. The maximum atomic E-state index is 13.1. The molecule has 5 aromatic rings. The van der Waals surface area contributed by atoms with Gasteiger partial charge in [-0.25, -0.2) is 4.68 Å². The van der Waals surface area contributed by atoms with Gasteiger partial charge in [0.1, 0.15) is 6.26 Å². The quantitative estimate of drug-likeness (QED) is 0.318. The van der Waals surface area contributed by atoms with Gasteiger partial charge in [0.05, 0.1) is 41.6 Å². The molecule has 5 rings (SSSR count). The van der Waals surface area contributed by atoms with Crippen molar-refractivity contribution in [3.8, 4) is 5.69 Å². The monoisotopic (exact) mass is 497 g/mol. The summed E-state index contributed by atoms with van der Waals surface area (Å²) >= 11 is 6.05. The van der Waals surface area contributed by atoms with Crippen LogP contribution < -0.4 is 10.6 Å². The number of nitrogens with one attached hydrogen (secondary N) is 2. The van der Waals surface area contributed by atoms with E-state index in [1.165, 1.54) is 12.5 Å². The van der Waals surface area contributed by atoms with Crippen molar-refractivity contribution in [2.45, 2.75) is 6.04 Å². The molecule has 178 valence electrons. The third-order valence-corrected chi connectivity index (χ3v) is 5.79. The zero-order chi connectivity index (χ0) is 24.9. The average Bonchev–Trinajstić information content (AvgIpc) is 3.61. The molecule has 0 aliphatic rings. The molecule has 3 heterocycles. The van der Waals surface area contributed by atoms with Gasteiger partial charge in [-0.1, -0.05) is 23.7 Å². The van der Waals surface area contributed by atoms with Crippen molar-refractivity contribution in [2.75, 3.05) is 5.32 Å². The first-order chi connectivity index (χ1) is 17.6. The molecule has 3 aromatic heterocycles. The molecule has 2 aromatic carbocycles. The lowest BCUT2D eigenvalue weighted by atomic mass is 9.99. The van der Waals surface area contributed by atoms with Crippen LogP contribution in [0.2, 0.25) is 5.02 Å². The number of benzene rings is 2. The summed E-state index contributed by atoms with van der Waals surface area (Å²) in [5.41, 5.74) is 3.98. The molecule has 0 bridgehead atoms. The number of aromatic nitrogens is 3. The molecule has 36 heavy (non-hydrogen) atoms. The fourth-order valence-electron chi connectivity index (χ4n) is 3.68. The third kappa shape index (κ3) is 5.18. The van der Waals surface area contributed by atoms with Gasteiger partial charge in [0.2, 0.25) is 0 Å². The first kappa shape index (κ1) is 23.1. The summed E-state index contributed by atoms with van der Waals surface area (Å²) in [6, 6.07) is 19.3. The summed E-state index contributed by atoms with van der Waals surface area (Å²) in [6.07, 6.45) is 9.42. The minimum atomic E-state index is -0.370. The first-order valence-electron chi connectivity index (χ1n) is 11.0. The van der Waals surface area contributed by atoms with E-state index in [0.29, 0.717) is 21.8 Å². The topological polar surface area (TPSA) is 102 Å². The van der Waals surface area contributed by atoms with Gasteiger partial charge >= 0.3 is 0 Å². The molecule has 0 aliphatic heterocycles. The van der Waals surface area contributed by atoms with Crippen molar-refractivity contribution >= 4 is 29.1 Å². The number of halogens is 1. The largest absolute Gasteiger partial charge is 0.472 e. The molecule has 0 saturated heterocycles. The highest BCUT2D eigenvalue weighted by molar-refractivity contribution is 6.30. The van der Waals surface area contributed by atoms with Gasteiger partial charge in [-0.2, -0.15) is 5.10 Å². The number of carbonyl (C=O) groups excluding carboxylic acids is 2. The molecule has 2 amide bonds. The van der Waals surface area contributed by atoms with Crippen molar-refractivity contribution in [1.82, 2.24) is 20.1 Å². The number of nitrogens with zero attached hydrogens (tertiary/aromatic N) is 3. The Hall–Kier alpha value is -4.69. The highest BCUT2D eigenvalue weighted by Gasteiger charge is 2.18. The van der Waals surface area contributed by atoms with Gasteiger partial charge in [-0.05, 0) is 65.7 Å². The number of anilines is 1.